The molecular weight excluding hydrogens is 374 g/mol. The van der Waals surface area contributed by atoms with Crippen molar-refractivity contribution in [1.29, 1.82) is 0 Å². The highest BCUT2D eigenvalue weighted by Gasteiger charge is 2.26. The minimum atomic E-state index is -0.144. The van der Waals surface area contributed by atoms with E-state index in [1.54, 1.807) is 0 Å². The van der Waals surface area contributed by atoms with E-state index in [1.165, 1.54) is 0 Å². The molecule has 1 fully saturated rings. The second-order valence-electron chi connectivity index (χ2n) is 6.42. The summed E-state index contributed by atoms with van der Waals surface area (Å²) in [5.74, 6) is 2.45. The summed E-state index contributed by atoms with van der Waals surface area (Å²) in [7, 11) is 0. The van der Waals surface area contributed by atoms with Gasteiger partial charge in [0.1, 0.15) is 0 Å². The van der Waals surface area contributed by atoms with Gasteiger partial charge in [-0.25, -0.2) is 3.93 Å². The Labute approximate surface area is 152 Å². The van der Waals surface area contributed by atoms with Gasteiger partial charge in [-0.1, -0.05) is 39.8 Å². The van der Waals surface area contributed by atoms with Gasteiger partial charge < -0.3 is 9.47 Å². The molecule has 1 aliphatic rings. The van der Waals surface area contributed by atoms with Gasteiger partial charge in [0.25, 0.3) is 0 Å². The lowest BCUT2D eigenvalue weighted by molar-refractivity contribution is -0.131. The Balaban J connectivity index is 0.000000300. The maximum atomic E-state index is 10.4. The summed E-state index contributed by atoms with van der Waals surface area (Å²) < 4.78 is 12.4. The van der Waals surface area contributed by atoms with Crippen LogP contribution in [0.1, 0.15) is 40.5 Å². The minimum Gasteiger partial charge on any atom is -0.489 e. The molecule has 1 aromatic rings. The van der Waals surface area contributed by atoms with Crippen molar-refractivity contribution in [2.45, 2.75) is 40.5 Å². The zero-order valence-corrected chi connectivity index (χ0v) is 16.3. The standard InChI is InChI=1S/C14H22O2.C4H4BrNO2/c1-11(2)9-15-13-7-5-6-8-14(13)16-10-12(3)4;5-6-3(7)1-2-4(6)8/h5-8,11-12H,9-10H2,1-4H3;1-2H2. The van der Waals surface area contributed by atoms with E-state index in [2.05, 4.69) is 43.8 Å². The maximum absolute atomic E-state index is 10.4. The summed E-state index contributed by atoms with van der Waals surface area (Å²) in [6.07, 6.45) is 0.703. The SMILES string of the molecule is CC(C)COc1ccccc1OCC(C)C.O=C1CCC(=O)N1Br. The van der Waals surface area contributed by atoms with Crippen molar-refractivity contribution in [3.63, 3.8) is 0 Å². The van der Waals surface area contributed by atoms with Crippen LogP contribution in [0, 0.1) is 11.8 Å². The lowest BCUT2D eigenvalue weighted by Gasteiger charge is -2.14. The topological polar surface area (TPSA) is 55.8 Å². The highest BCUT2D eigenvalue weighted by atomic mass is 79.9. The smallest absolute Gasteiger partial charge is 0.239 e. The van der Waals surface area contributed by atoms with Crippen LogP contribution < -0.4 is 9.47 Å². The number of carbonyl (C=O) groups excluding carboxylic acids is 2. The van der Waals surface area contributed by atoms with Crippen LogP contribution in [0.2, 0.25) is 0 Å². The van der Waals surface area contributed by atoms with E-state index in [-0.39, 0.29) is 11.8 Å². The molecule has 2 amide bonds. The first-order valence-electron chi connectivity index (χ1n) is 8.17. The highest BCUT2D eigenvalue weighted by molar-refractivity contribution is 9.08. The molecule has 24 heavy (non-hydrogen) atoms. The summed E-state index contributed by atoms with van der Waals surface area (Å²) in [4.78, 5) is 20.9. The number of para-hydroxylation sites is 2. The van der Waals surface area contributed by atoms with Gasteiger partial charge in [0, 0.05) is 12.8 Å². The molecule has 0 saturated carbocycles. The van der Waals surface area contributed by atoms with Gasteiger partial charge in [-0.15, -0.1) is 0 Å². The predicted molar refractivity (Wildman–Crippen MR) is 97.1 cm³/mol. The van der Waals surface area contributed by atoms with E-state index in [0.29, 0.717) is 24.7 Å². The van der Waals surface area contributed by atoms with Crippen molar-refractivity contribution in [3.05, 3.63) is 24.3 Å². The summed E-state index contributed by atoms with van der Waals surface area (Å²) in [5.41, 5.74) is 0. The molecule has 1 saturated heterocycles. The molecule has 1 heterocycles. The van der Waals surface area contributed by atoms with Crippen LogP contribution in [0.25, 0.3) is 0 Å². The molecule has 0 aliphatic carbocycles. The fraction of sp³-hybridized carbons (Fsp3) is 0.556. The number of benzene rings is 1. The van der Waals surface area contributed by atoms with E-state index in [9.17, 15) is 9.59 Å². The van der Waals surface area contributed by atoms with Gasteiger partial charge in [0.15, 0.2) is 11.5 Å². The number of halogens is 1. The molecular formula is C18H26BrNO4. The Morgan fingerprint density at radius 1 is 0.917 bits per heavy atom. The van der Waals surface area contributed by atoms with Crippen LogP contribution in [-0.2, 0) is 9.59 Å². The fourth-order valence-corrected chi connectivity index (χ4v) is 2.11. The minimum absolute atomic E-state index is 0.144. The lowest BCUT2D eigenvalue weighted by Crippen LogP contribution is -2.16. The molecule has 0 spiro atoms. The van der Waals surface area contributed by atoms with Crippen LogP contribution in [0.5, 0.6) is 11.5 Å². The van der Waals surface area contributed by atoms with Crippen molar-refractivity contribution in [2.75, 3.05) is 13.2 Å². The molecule has 0 unspecified atom stereocenters. The first-order chi connectivity index (χ1) is 11.3. The summed E-state index contributed by atoms with van der Waals surface area (Å²) in [6, 6.07) is 7.85. The normalized spacial score (nSPS) is 14.0. The van der Waals surface area contributed by atoms with Crippen molar-refractivity contribution in [3.8, 4) is 11.5 Å². The highest BCUT2D eigenvalue weighted by Crippen LogP contribution is 2.27. The maximum Gasteiger partial charge on any atom is 0.239 e. The largest absolute Gasteiger partial charge is 0.489 e. The first kappa shape index (κ1) is 20.5. The molecule has 1 aliphatic heterocycles. The van der Waals surface area contributed by atoms with E-state index in [0.717, 1.165) is 28.6 Å². The zero-order chi connectivity index (χ0) is 18.1. The second-order valence-corrected chi connectivity index (χ2v) is 7.13. The fourth-order valence-electron chi connectivity index (χ4n) is 1.75. The Bertz CT molecular complexity index is 499. The van der Waals surface area contributed by atoms with Gasteiger partial charge in [-0.3, -0.25) is 9.59 Å². The molecule has 0 N–H and O–H groups in total. The molecule has 6 heteroatoms. The van der Waals surface area contributed by atoms with Gasteiger partial charge in [0.05, 0.1) is 29.4 Å². The third-order valence-electron chi connectivity index (χ3n) is 2.98. The van der Waals surface area contributed by atoms with E-state index in [1.807, 2.05) is 24.3 Å². The summed E-state index contributed by atoms with van der Waals surface area (Å²) in [5, 5.41) is 0. The average molecular weight is 400 g/mol. The molecule has 0 bridgehead atoms. The predicted octanol–water partition coefficient (Wildman–Crippen LogP) is 4.20. The first-order valence-corrected chi connectivity index (χ1v) is 8.88. The number of hydrogen-bond donors (Lipinski definition) is 0. The van der Waals surface area contributed by atoms with Crippen molar-refractivity contribution < 1.29 is 19.1 Å². The van der Waals surface area contributed by atoms with Crippen molar-refractivity contribution in [2.24, 2.45) is 11.8 Å². The van der Waals surface area contributed by atoms with Crippen LogP contribution in [0.15, 0.2) is 24.3 Å². The Morgan fingerprint density at radius 2 is 1.29 bits per heavy atom. The molecule has 0 aromatic heterocycles. The Hall–Kier alpha value is -1.56. The zero-order valence-electron chi connectivity index (χ0n) is 14.8. The average Bonchev–Trinajstić information content (AvgIpc) is 2.83. The number of carbonyl (C=O) groups is 2. The molecule has 0 radical (unpaired) electrons. The molecule has 134 valence electrons. The monoisotopic (exact) mass is 399 g/mol. The van der Waals surface area contributed by atoms with E-state index in [4.69, 9.17) is 9.47 Å². The summed E-state index contributed by atoms with van der Waals surface area (Å²) >= 11 is 2.80. The number of nitrogens with zero attached hydrogens (tertiary/aromatic N) is 1. The number of rotatable bonds is 6. The van der Waals surface area contributed by atoms with Crippen LogP contribution in [0.4, 0.5) is 0 Å². The van der Waals surface area contributed by atoms with Crippen LogP contribution in [0.3, 0.4) is 0 Å². The van der Waals surface area contributed by atoms with Gasteiger partial charge >= 0.3 is 0 Å². The quantitative estimate of drug-likeness (QED) is 0.531. The number of amides is 2. The lowest BCUT2D eigenvalue weighted by atomic mass is 10.2. The third kappa shape index (κ3) is 7.34. The van der Waals surface area contributed by atoms with Gasteiger partial charge in [-0.05, 0) is 24.0 Å². The number of hydrogen-bond acceptors (Lipinski definition) is 4. The van der Waals surface area contributed by atoms with Crippen LogP contribution >= 0.6 is 16.1 Å². The van der Waals surface area contributed by atoms with Crippen LogP contribution in [-0.4, -0.2) is 29.0 Å². The van der Waals surface area contributed by atoms with Gasteiger partial charge in [0.2, 0.25) is 11.8 Å². The number of imide groups is 1. The molecule has 1 aromatic carbocycles. The number of ether oxygens (including phenoxy) is 2. The van der Waals surface area contributed by atoms with Gasteiger partial charge in [-0.2, -0.15) is 0 Å². The Kier molecular flexibility index (Phi) is 8.82. The second kappa shape index (κ2) is 10.3. The van der Waals surface area contributed by atoms with Crippen molar-refractivity contribution >= 4 is 28.0 Å². The Morgan fingerprint density at radius 3 is 1.54 bits per heavy atom. The molecule has 5 nitrogen and oxygen atoms in total. The summed E-state index contributed by atoms with van der Waals surface area (Å²) in [6.45, 7) is 9.99. The molecule has 2 rings (SSSR count). The van der Waals surface area contributed by atoms with Crippen molar-refractivity contribution in [1.82, 2.24) is 3.93 Å². The van der Waals surface area contributed by atoms with E-state index < -0.39 is 0 Å². The van der Waals surface area contributed by atoms with E-state index >= 15 is 0 Å². The molecule has 0 atom stereocenters. The third-order valence-corrected chi connectivity index (χ3v) is 3.78.